The average molecular weight is 425 g/mol. The van der Waals surface area contributed by atoms with Gasteiger partial charge in [0.2, 0.25) is 5.91 Å². The van der Waals surface area contributed by atoms with Crippen LogP contribution in [0.15, 0.2) is 40.1 Å². The number of rotatable bonds is 7. The summed E-state index contributed by atoms with van der Waals surface area (Å²) in [7, 11) is 0. The molecule has 0 saturated carbocycles. The summed E-state index contributed by atoms with van der Waals surface area (Å²) in [4.78, 5) is 12.3. The number of carbonyl (C=O) groups excluding carboxylic acids is 1. The normalized spacial score (nSPS) is 11.0. The fourth-order valence-corrected chi connectivity index (χ4v) is 3.88. The molecule has 0 atom stereocenters. The van der Waals surface area contributed by atoms with Gasteiger partial charge in [0, 0.05) is 22.3 Å². The number of aryl methyl sites for hydroxylation is 1. The highest BCUT2D eigenvalue weighted by Crippen LogP contribution is 2.28. The molecule has 0 saturated heterocycles. The molecule has 0 aliphatic carbocycles. The van der Waals surface area contributed by atoms with Gasteiger partial charge in [-0.25, -0.2) is 0 Å². The molecule has 1 amide bonds. The summed E-state index contributed by atoms with van der Waals surface area (Å²) in [5.74, 6) is 1.54. The van der Waals surface area contributed by atoms with Crippen molar-refractivity contribution in [1.82, 2.24) is 14.8 Å². The van der Waals surface area contributed by atoms with Gasteiger partial charge in [-0.1, -0.05) is 41.9 Å². The van der Waals surface area contributed by atoms with Crippen molar-refractivity contribution in [3.8, 4) is 11.4 Å². The Balaban J connectivity index is 1.71. The van der Waals surface area contributed by atoms with Crippen LogP contribution in [0.4, 0.5) is 5.69 Å². The van der Waals surface area contributed by atoms with Crippen LogP contribution in [0.1, 0.15) is 19.1 Å². The van der Waals surface area contributed by atoms with E-state index in [9.17, 15) is 4.79 Å². The summed E-state index contributed by atoms with van der Waals surface area (Å²) in [6.07, 6.45) is 2.55. The lowest BCUT2D eigenvalue weighted by molar-refractivity contribution is -0.113. The molecule has 1 aromatic carbocycles. The third-order valence-corrected chi connectivity index (χ3v) is 5.15. The number of nitrogens with one attached hydrogen (secondary N) is 1. The van der Waals surface area contributed by atoms with Crippen molar-refractivity contribution in [3.63, 3.8) is 0 Å². The summed E-state index contributed by atoms with van der Waals surface area (Å²) in [5.41, 5.74) is 1.46. The molecule has 6 nitrogen and oxygen atoms in total. The maximum absolute atomic E-state index is 12.3. The van der Waals surface area contributed by atoms with Gasteiger partial charge in [-0.3, -0.25) is 4.79 Å². The molecule has 3 rings (SSSR count). The number of amides is 1. The van der Waals surface area contributed by atoms with Gasteiger partial charge in [-0.05, 0) is 37.6 Å². The van der Waals surface area contributed by atoms with Crippen LogP contribution in [0.25, 0.3) is 11.4 Å². The van der Waals surface area contributed by atoms with Gasteiger partial charge in [0.15, 0.2) is 11.0 Å². The van der Waals surface area contributed by atoms with Gasteiger partial charge in [-0.15, -0.1) is 10.2 Å². The average Bonchev–Trinajstić information content (AvgIpc) is 3.18. The maximum atomic E-state index is 12.3. The fourth-order valence-electron chi connectivity index (χ4n) is 2.59. The molecular formula is C18H18Cl2N4O2S. The van der Waals surface area contributed by atoms with Gasteiger partial charge < -0.3 is 14.3 Å². The largest absolute Gasteiger partial charge is 0.469 e. The van der Waals surface area contributed by atoms with Crippen LogP contribution in [0, 0.1) is 6.92 Å². The van der Waals surface area contributed by atoms with Crippen LogP contribution in [-0.2, 0) is 11.3 Å². The molecule has 2 aromatic heterocycles. The minimum Gasteiger partial charge on any atom is -0.469 e. The number of benzene rings is 1. The molecule has 0 unspecified atom stereocenters. The minimum atomic E-state index is -0.176. The molecule has 0 fully saturated rings. The maximum Gasteiger partial charge on any atom is 0.234 e. The standard InChI is InChI=1S/C18H18Cl2N4O2S/c1-3-5-24-17(15-4-6-26-11(15)2)22-23-18(24)27-10-16(25)21-14-8-12(19)7-13(20)9-14/h4,6-9H,3,5,10H2,1-2H3,(H,21,25). The van der Waals surface area contributed by atoms with E-state index in [1.54, 1.807) is 24.5 Å². The second-order valence-corrected chi connectivity index (χ2v) is 7.66. The van der Waals surface area contributed by atoms with Crippen molar-refractivity contribution in [3.05, 3.63) is 46.3 Å². The molecule has 0 aliphatic rings. The second kappa shape index (κ2) is 8.82. The third-order valence-electron chi connectivity index (χ3n) is 3.74. The first-order valence-electron chi connectivity index (χ1n) is 8.34. The number of furan rings is 1. The Labute approximate surface area is 171 Å². The van der Waals surface area contributed by atoms with Crippen LogP contribution >= 0.6 is 35.0 Å². The van der Waals surface area contributed by atoms with Crippen molar-refractivity contribution >= 4 is 46.6 Å². The van der Waals surface area contributed by atoms with E-state index in [4.69, 9.17) is 27.6 Å². The molecule has 0 aliphatic heterocycles. The number of carbonyl (C=O) groups is 1. The molecule has 3 aromatic rings. The number of hydrogen-bond acceptors (Lipinski definition) is 5. The predicted octanol–water partition coefficient (Wildman–Crippen LogP) is 5.29. The zero-order valence-electron chi connectivity index (χ0n) is 14.8. The van der Waals surface area contributed by atoms with Crippen molar-refractivity contribution in [1.29, 1.82) is 0 Å². The van der Waals surface area contributed by atoms with E-state index >= 15 is 0 Å². The van der Waals surface area contributed by atoms with E-state index in [-0.39, 0.29) is 11.7 Å². The van der Waals surface area contributed by atoms with Gasteiger partial charge >= 0.3 is 0 Å². The highest BCUT2D eigenvalue weighted by Gasteiger charge is 2.18. The van der Waals surface area contributed by atoms with Crippen molar-refractivity contribution in [2.75, 3.05) is 11.1 Å². The molecule has 2 heterocycles. The van der Waals surface area contributed by atoms with Crippen LogP contribution in [0.5, 0.6) is 0 Å². The van der Waals surface area contributed by atoms with Gasteiger partial charge in [0.05, 0.1) is 17.6 Å². The van der Waals surface area contributed by atoms with E-state index in [0.717, 1.165) is 30.1 Å². The Bertz CT molecular complexity index is 934. The van der Waals surface area contributed by atoms with Crippen LogP contribution in [0.3, 0.4) is 0 Å². The van der Waals surface area contributed by atoms with Gasteiger partial charge in [-0.2, -0.15) is 0 Å². The van der Waals surface area contributed by atoms with Crippen molar-refractivity contribution in [2.45, 2.75) is 32.0 Å². The lowest BCUT2D eigenvalue weighted by Crippen LogP contribution is -2.14. The Hall–Kier alpha value is -1.96. The number of thioether (sulfide) groups is 1. The number of hydrogen-bond donors (Lipinski definition) is 1. The lowest BCUT2D eigenvalue weighted by atomic mass is 10.2. The zero-order valence-corrected chi connectivity index (χ0v) is 17.2. The van der Waals surface area contributed by atoms with Crippen LogP contribution in [-0.4, -0.2) is 26.4 Å². The third kappa shape index (κ3) is 4.86. The molecule has 1 N–H and O–H groups in total. The zero-order chi connectivity index (χ0) is 19.4. The van der Waals surface area contributed by atoms with E-state index in [1.807, 2.05) is 17.6 Å². The molecule has 0 spiro atoms. The molecular weight excluding hydrogens is 407 g/mol. The Morgan fingerprint density at radius 1 is 1.26 bits per heavy atom. The number of anilines is 1. The highest BCUT2D eigenvalue weighted by molar-refractivity contribution is 7.99. The Kier molecular flexibility index (Phi) is 6.46. The molecule has 0 bridgehead atoms. The topological polar surface area (TPSA) is 73.0 Å². The lowest BCUT2D eigenvalue weighted by Gasteiger charge is -2.09. The van der Waals surface area contributed by atoms with Gasteiger partial charge in [0.25, 0.3) is 0 Å². The smallest absolute Gasteiger partial charge is 0.234 e. The number of nitrogens with zero attached hydrogens (tertiary/aromatic N) is 3. The Morgan fingerprint density at radius 2 is 2.00 bits per heavy atom. The first kappa shape index (κ1) is 19.8. The monoisotopic (exact) mass is 424 g/mol. The fraction of sp³-hybridized carbons (Fsp3) is 0.278. The summed E-state index contributed by atoms with van der Waals surface area (Å²) in [5, 5.41) is 12.9. The van der Waals surface area contributed by atoms with Gasteiger partial charge in [0.1, 0.15) is 5.76 Å². The summed E-state index contributed by atoms with van der Waals surface area (Å²) >= 11 is 13.2. The molecule has 142 valence electrons. The number of aromatic nitrogens is 3. The molecule has 27 heavy (non-hydrogen) atoms. The van der Waals surface area contributed by atoms with E-state index in [1.165, 1.54) is 11.8 Å². The highest BCUT2D eigenvalue weighted by atomic mass is 35.5. The van der Waals surface area contributed by atoms with E-state index in [0.29, 0.717) is 20.9 Å². The molecule has 0 radical (unpaired) electrons. The van der Waals surface area contributed by atoms with E-state index < -0.39 is 0 Å². The first-order valence-corrected chi connectivity index (χ1v) is 10.1. The summed E-state index contributed by atoms with van der Waals surface area (Å²) in [6.45, 7) is 4.72. The molecule has 9 heteroatoms. The van der Waals surface area contributed by atoms with E-state index in [2.05, 4.69) is 22.4 Å². The van der Waals surface area contributed by atoms with Crippen molar-refractivity contribution in [2.24, 2.45) is 0 Å². The van der Waals surface area contributed by atoms with Crippen LogP contribution < -0.4 is 5.32 Å². The Morgan fingerprint density at radius 3 is 2.63 bits per heavy atom. The van der Waals surface area contributed by atoms with Crippen LogP contribution in [0.2, 0.25) is 10.0 Å². The minimum absolute atomic E-state index is 0.176. The van der Waals surface area contributed by atoms with Crippen molar-refractivity contribution < 1.29 is 9.21 Å². The summed E-state index contributed by atoms with van der Waals surface area (Å²) < 4.78 is 7.38. The second-order valence-electron chi connectivity index (χ2n) is 5.84. The number of halogens is 2. The summed E-state index contributed by atoms with van der Waals surface area (Å²) in [6, 6.07) is 6.78. The SMILES string of the molecule is CCCn1c(SCC(=O)Nc2cc(Cl)cc(Cl)c2)nnc1-c1ccoc1C. The first-order chi connectivity index (χ1) is 13.0. The quantitative estimate of drug-likeness (QED) is 0.521. The predicted molar refractivity (Wildman–Crippen MR) is 109 cm³/mol.